The van der Waals surface area contributed by atoms with Crippen LogP contribution in [0.5, 0.6) is 0 Å². The molecule has 0 unspecified atom stereocenters. The van der Waals surface area contributed by atoms with Crippen molar-refractivity contribution in [2.75, 3.05) is 18.0 Å². The van der Waals surface area contributed by atoms with Gasteiger partial charge < -0.3 is 10.0 Å². The summed E-state index contributed by atoms with van der Waals surface area (Å²) in [5.41, 5.74) is 0.0672. The third kappa shape index (κ3) is 2.08. The van der Waals surface area contributed by atoms with Crippen molar-refractivity contribution in [2.45, 2.75) is 32.6 Å². The van der Waals surface area contributed by atoms with Crippen LogP contribution in [-0.2, 0) is 11.2 Å². The fourth-order valence-electron chi connectivity index (χ4n) is 3.73. The van der Waals surface area contributed by atoms with Gasteiger partial charge in [-0.1, -0.05) is 6.92 Å². The number of fused-ring (bicyclic) bond motifs is 1. The van der Waals surface area contributed by atoms with Crippen LogP contribution in [0, 0.1) is 11.3 Å². The van der Waals surface area contributed by atoms with Crippen LogP contribution in [0.1, 0.15) is 31.1 Å². The highest BCUT2D eigenvalue weighted by molar-refractivity contribution is 7.18. The van der Waals surface area contributed by atoms with E-state index < -0.39 is 5.97 Å². The number of nitrogens with zero attached hydrogens (tertiary/aromatic N) is 3. The van der Waals surface area contributed by atoms with Crippen molar-refractivity contribution in [3.05, 3.63) is 17.3 Å². The van der Waals surface area contributed by atoms with E-state index in [-0.39, 0.29) is 11.3 Å². The van der Waals surface area contributed by atoms with Gasteiger partial charge in [-0.3, -0.25) is 4.79 Å². The van der Waals surface area contributed by atoms with E-state index in [2.05, 4.69) is 27.9 Å². The molecule has 4 rings (SSSR count). The average Bonchev–Trinajstić information content (AvgIpc) is 3.06. The van der Waals surface area contributed by atoms with Crippen molar-refractivity contribution in [3.8, 4) is 0 Å². The number of piperidine rings is 1. The first-order chi connectivity index (χ1) is 10.6. The van der Waals surface area contributed by atoms with Gasteiger partial charge in [-0.15, -0.1) is 11.3 Å². The smallest absolute Gasteiger partial charge is 0.307 e. The van der Waals surface area contributed by atoms with Gasteiger partial charge in [-0.2, -0.15) is 0 Å². The number of hydrogen-bond acceptors (Lipinski definition) is 5. The molecule has 2 aromatic heterocycles. The lowest BCUT2D eigenvalue weighted by Gasteiger charge is -2.33. The van der Waals surface area contributed by atoms with Crippen LogP contribution in [0.3, 0.4) is 0 Å². The largest absolute Gasteiger partial charge is 0.481 e. The van der Waals surface area contributed by atoms with E-state index >= 15 is 0 Å². The average molecular weight is 317 g/mol. The Labute approximate surface area is 133 Å². The van der Waals surface area contributed by atoms with Crippen LogP contribution < -0.4 is 4.90 Å². The van der Waals surface area contributed by atoms with Gasteiger partial charge in [0.15, 0.2) is 0 Å². The van der Waals surface area contributed by atoms with Crippen molar-refractivity contribution in [1.29, 1.82) is 0 Å². The molecule has 2 aliphatic rings. The summed E-state index contributed by atoms with van der Waals surface area (Å²) in [6.07, 6.45) is 5.44. The Morgan fingerprint density at radius 1 is 1.45 bits per heavy atom. The molecule has 1 aliphatic heterocycles. The Morgan fingerprint density at radius 2 is 2.23 bits per heavy atom. The number of carboxylic acids is 1. The quantitative estimate of drug-likeness (QED) is 0.943. The topological polar surface area (TPSA) is 66.3 Å². The minimum Gasteiger partial charge on any atom is -0.481 e. The van der Waals surface area contributed by atoms with Crippen LogP contribution in [-0.4, -0.2) is 34.1 Å². The van der Waals surface area contributed by atoms with Crippen molar-refractivity contribution in [2.24, 2.45) is 11.3 Å². The highest BCUT2D eigenvalue weighted by atomic mass is 32.1. The van der Waals surface area contributed by atoms with E-state index in [4.69, 9.17) is 0 Å². The lowest BCUT2D eigenvalue weighted by atomic mass is 9.91. The minimum atomic E-state index is -0.622. The van der Waals surface area contributed by atoms with Gasteiger partial charge in [0, 0.05) is 18.0 Å². The zero-order valence-corrected chi connectivity index (χ0v) is 13.4. The van der Waals surface area contributed by atoms with Gasteiger partial charge >= 0.3 is 5.97 Å². The van der Waals surface area contributed by atoms with Crippen molar-refractivity contribution < 1.29 is 9.90 Å². The summed E-state index contributed by atoms with van der Waals surface area (Å²) in [4.78, 5) is 24.7. The number of thiophene rings is 1. The second-order valence-corrected chi connectivity index (χ2v) is 7.54. The number of rotatable bonds is 3. The maximum absolute atomic E-state index is 11.2. The molecule has 1 atom stereocenters. The van der Waals surface area contributed by atoms with E-state index in [0.717, 1.165) is 54.8 Å². The Bertz CT molecular complexity index is 734. The van der Waals surface area contributed by atoms with Gasteiger partial charge in [0.1, 0.15) is 17.0 Å². The second kappa shape index (κ2) is 4.91. The Morgan fingerprint density at radius 3 is 2.86 bits per heavy atom. The van der Waals surface area contributed by atoms with E-state index in [0.29, 0.717) is 0 Å². The van der Waals surface area contributed by atoms with E-state index in [9.17, 15) is 9.90 Å². The maximum Gasteiger partial charge on any atom is 0.307 e. The van der Waals surface area contributed by atoms with Gasteiger partial charge in [-0.25, -0.2) is 9.97 Å². The first-order valence-corrected chi connectivity index (χ1v) is 8.66. The molecule has 6 heteroatoms. The monoisotopic (exact) mass is 317 g/mol. The summed E-state index contributed by atoms with van der Waals surface area (Å²) in [6.45, 7) is 3.95. The molecule has 1 saturated carbocycles. The number of aromatic nitrogens is 2. The third-order valence-corrected chi connectivity index (χ3v) is 6.44. The molecule has 0 bridgehead atoms. The molecule has 2 aromatic rings. The summed E-state index contributed by atoms with van der Waals surface area (Å²) < 4.78 is 0. The Hall–Kier alpha value is -1.69. The van der Waals surface area contributed by atoms with Crippen LogP contribution in [0.2, 0.25) is 0 Å². The fraction of sp³-hybridized carbons (Fsp3) is 0.562. The van der Waals surface area contributed by atoms with Crippen LogP contribution in [0.25, 0.3) is 10.2 Å². The summed E-state index contributed by atoms with van der Waals surface area (Å²) >= 11 is 1.74. The van der Waals surface area contributed by atoms with E-state index in [1.54, 1.807) is 17.7 Å². The van der Waals surface area contributed by atoms with E-state index in [1.807, 2.05) is 0 Å². The standard InChI is InChI=1S/C16H19N3O2S/c1-2-10-7-11-13(17-9-18-14(11)22-10)19-5-3-16(4-6-19)8-12(16)15(20)21/h7,9,12H,2-6,8H2,1H3,(H,20,21)/t12-/m1/s1. The van der Waals surface area contributed by atoms with Crippen molar-refractivity contribution in [3.63, 3.8) is 0 Å². The molecule has 1 saturated heterocycles. The first kappa shape index (κ1) is 13.9. The number of aryl methyl sites for hydroxylation is 1. The highest BCUT2D eigenvalue weighted by Gasteiger charge is 2.58. The summed E-state index contributed by atoms with van der Waals surface area (Å²) in [7, 11) is 0. The van der Waals surface area contributed by atoms with Gasteiger partial charge in [-0.05, 0) is 37.2 Å². The van der Waals surface area contributed by atoms with Gasteiger partial charge in [0.05, 0.1) is 11.3 Å². The Balaban J connectivity index is 1.57. The van der Waals surface area contributed by atoms with Gasteiger partial charge in [0.2, 0.25) is 0 Å². The number of hydrogen-bond donors (Lipinski definition) is 1. The summed E-state index contributed by atoms with van der Waals surface area (Å²) in [5.74, 6) is 0.277. The summed E-state index contributed by atoms with van der Waals surface area (Å²) in [6, 6.07) is 2.21. The molecule has 1 spiro atoms. The van der Waals surface area contributed by atoms with Crippen LogP contribution >= 0.6 is 11.3 Å². The first-order valence-electron chi connectivity index (χ1n) is 7.84. The molecule has 1 N–H and O–H groups in total. The number of anilines is 1. The summed E-state index contributed by atoms with van der Waals surface area (Å²) in [5, 5.41) is 10.3. The number of aliphatic carboxylic acids is 1. The van der Waals surface area contributed by atoms with Crippen molar-refractivity contribution in [1.82, 2.24) is 9.97 Å². The number of carboxylic acid groups (broad SMARTS) is 1. The van der Waals surface area contributed by atoms with Crippen molar-refractivity contribution >= 4 is 33.3 Å². The number of carbonyl (C=O) groups is 1. The maximum atomic E-state index is 11.2. The van der Waals surface area contributed by atoms with Gasteiger partial charge in [0.25, 0.3) is 0 Å². The fourth-order valence-corrected chi connectivity index (χ4v) is 4.66. The molecule has 0 amide bonds. The predicted octanol–water partition coefficient (Wildman–Crippen LogP) is 2.94. The zero-order valence-electron chi connectivity index (χ0n) is 12.6. The molecule has 3 heterocycles. The van der Waals surface area contributed by atoms with E-state index in [1.165, 1.54) is 4.88 Å². The molecule has 5 nitrogen and oxygen atoms in total. The molecule has 1 aliphatic carbocycles. The predicted molar refractivity (Wildman–Crippen MR) is 86.4 cm³/mol. The molecule has 22 heavy (non-hydrogen) atoms. The molecule has 2 fully saturated rings. The van der Waals surface area contributed by atoms with Crippen LogP contribution in [0.4, 0.5) is 5.82 Å². The normalized spacial score (nSPS) is 23.1. The molecule has 0 aromatic carbocycles. The SMILES string of the molecule is CCc1cc2c(N3CCC4(CC3)C[C@@H]4C(=O)O)ncnc2s1. The van der Waals surface area contributed by atoms with Crippen LogP contribution in [0.15, 0.2) is 12.4 Å². The molecule has 0 radical (unpaired) electrons. The molecular weight excluding hydrogens is 298 g/mol. The molecule has 116 valence electrons. The third-order valence-electron chi connectivity index (χ3n) is 5.25. The second-order valence-electron chi connectivity index (χ2n) is 6.43. The highest BCUT2D eigenvalue weighted by Crippen LogP contribution is 2.59. The zero-order chi connectivity index (χ0) is 15.3. The molecular formula is C16H19N3O2S. The lowest BCUT2D eigenvalue weighted by Crippen LogP contribution is -2.36. The minimum absolute atomic E-state index is 0.0672. The lowest BCUT2D eigenvalue weighted by molar-refractivity contribution is -0.139. The Kier molecular flexibility index (Phi) is 3.11.